The molecule has 0 aromatic carbocycles. The number of carboxylic acid groups (broad SMARTS) is 1. The van der Waals surface area contributed by atoms with Crippen molar-refractivity contribution in [2.24, 2.45) is 0 Å². The van der Waals surface area contributed by atoms with Crippen LogP contribution in [-0.2, 0) is 4.79 Å². The van der Waals surface area contributed by atoms with Gasteiger partial charge in [0.15, 0.2) is 0 Å². The van der Waals surface area contributed by atoms with Gasteiger partial charge in [0.05, 0.1) is 0 Å². The SMILES string of the molecule is Cc1c(C)c(C)n(C(C)C(=O)O)c(=O)c1N(C)C. The molecule has 0 aliphatic heterocycles. The Labute approximate surface area is 107 Å². The molecule has 0 aliphatic rings. The molecule has 5 heteroatoms. The van der Waals surface area contributed by atoms with Crippen molar-refractivity contribution in [2.75, 3.05) is 19.0 Å². The van der Waals surface area contributed by atoms with E-state index in [4.69, 9.17) is 5.11 Å². The van der Waals surface area contributed by atoms with Gasteiger partial charge in [-0.2, -0.15) is 0 Å². The summed E-state index contributed by atoms with van der Waals surface area (Å²) in [5.41, 5.74) is 2.85. The fourth-order valence-corrected chi connectivity index (χ4v) is 2.16. The lowest BCUT2D eigenvalue weighted by Crippen LogP contribution is -2.35. The maximum Gasteiger partial charge on any atom is 0.326 e. The van der Waals surface area contributed by atoms with Gasteiger partial charge >= 0.3 is 5.97 Å². The van der Waals surface area contributed by atoms with Crippen LogP contribution < -0.4 is 10.5 Å². The van der Waals surface area contributed by atoms with Gasteiger partial charge in [0.1, 0.15) is 11.7 Å². The highest BCUT2D eigenvalue weighted by Gasteiger charge is 2.22. The molecule has 5 nitrogen and oxygen atoms in total. The number of carboxylic acids is 1. The number of hydrogen-bond acceptors (Lipinski definition) is 3. The molecule has 1 N–H and O–H groups in total. The Morgan fingerprint density at radius 1 is 1.22 bits per heavy atom. The van der Waals surface area contributed by atoms with E-state index < -0.39 is 12.0 Å². The molecule has 1 unspecified atom stereocenters. The van der Waals surface area contributed by atoms with Crippen LogP contribution in [0.15, 0.2) is 4.79 Å². The molecule has 0 fully saturated rings. The summed E-state index contributed by atoms with van der Waals surface area (Å²) in [6.07, 6.45) is 0. The van der Waals surface area contributed by atoms with E-state index in [1.54, 1.807) is 25.9 Å². The van der Waals surface area contributed by atoms with Gasteiger partial charge < -0.3 is 10.0 Å². The fraction of sp³-hybridized carbons (Fsp3) is 0.538. The van der Waals surface area contributed by atoms with Gasteiger partial charge in [-0.25, -0.2) is 4.79 Å². The quantitative estimate of drug-likeness (QED) is 0.885. The summed E-state index contributed by atoms with van der Waals surface area (Å²) in [6, 6.07) is -0.865. The van der Waals surface area contributed by atoms with Crippen molar-refractivity contribution in [3.8, 4) is 0 Å². The molecule has 0 saturated heterocycles. The Bertz CT molecular complexity index is 544. The summed E-state index contributed by atoms with van der Waals surface area (Å²) in [4.78, 5) is 25.2. The molecule has 1 atom stereocenters. The molecular weight excluding hydrogens is 232 g/mol. The molecule has 0 bridgehead atoms. The topological polar surface area (TPSA) is 62.5 Å². The van der Waals surface area contributed by atoms with Crippen LogP contribution in [0.25, 0.3) is 0 Å². The Balaban J connectivity index is 3.73. The molecule has 1 aromatic heterocycles. The van der Waals surface area contributed by atoms with E-state index in [1.165, 1.54) is 11.5 Å². The van der Waals surface area contributed by atoms with Gasteiger partial charge in [0.25, 0.3) is 5.56 Å². The third-order valence-corrected chi connectivity index (χ3v) is 3.44. The third-order valence-electron chi connectivity index (χ3n) is 3.44. The molecule has 0 radical (unpaired) electrons. The first kappa shape index (κ1) is 14.3. The maximum absolute atomic E-state index is 12.4. The zero-order valence-electron chi connectivity index (χ0n) is 11.7. The van der Waals surface area contributed by atoms with Crippen LogP contribution >= 0.6 is 0 Å². The number of pyridine rings is 1. The molecule has 0 aliphatic carbocycles. The van der Waals surface area contributed by atoms with Crippen LogP contribution in [0.5, 0.6) is 0 Å². The highest BCUT2D eigenvalue weighted by atomic mass is 16.4. The Kier molecular flexibility index (Phi) is 3.84. The highest BCUT2D eigenvalue weighted by Crippen LogP contribution is 2.22. The van der Waals surface area contributed by atoms with Gasteiger partial charge in [0.2, 0.25) is 0 Å². The average molecular weight is 252 g/mol. The minimum atomic E-state index is -1.01. The second-order valence-electron chi connectivity index (χ2n) is 4.77. The zero-order chi connectivity index (χ0) is 14.2. The fourth-order valence-electron chi connectivity index (χ4n) is 2.16. The monoisotopic (exact) mass is 252 g/mol. The van der Waals surface area contributed by atoms with E-state index in [0.717, 1.165) is 11.1 Å². The third kappa shape index (κ3) is 2.12. The molecule has 0 saturated carbocycles. The molecule has 1 rings (SSSR count). The van der Waals surface area contributed by atoms with E-state index in [-0.39, 0.29) is 5.56 Å². The van der Waals surface area contributed by atoms with Crippen molar-refractivity contribution < 1.29 is 9.90 Å². The van der Waals surface area contributed by atoms with Crippen LogP contribution in [-0.4, -0.2) is 29.7 Å². The van der Waals surface area contributed by atoms with E-state index in [0.29, 0.717) is 11.4 Å². The van der Waals surface area contributed by atoms with Crippen molar-refractivity contribution in [3.63, 3.8) is 0 Å². The average Bonchev–Trinajstić information content (AvgIpc) is 2.25. The van der Waals surface area contributed by atoms with Crippen LogP contribution in [0.4, 0.5) is 5.69 Å². The number of aromatic nitrogens is 1. The normalized spacial score (nSPS) is 12.3. The van der Waals surface area contributed by atoms with Gasteiger partial charge in [-0.1, -0.05) is 0 Å². The number of nitrogens with zero attached hydrogens (tertiary/aromatic N) is 2. The Morgan fingerprint density at radius 2 is 1.72 bits per heavy atom. The number of carbonyl (C=O) groups is 1. The lowest BCUT2D eigenvalue weighted by atomic mass is 10.1. The molecular formula is C13H20N2O3. The van der Waals surface area contributed by atoms with Crippen molar-refractivity contribution in [1.82, 2.24) is 4.57 Å². The van der Waals surface area contributed by atoms with E-state index in [9.17, 15) is 9.59 Å². The van der Waals surface area contributed by atoms with Crippen molar-refractivity contribution in [2.45, 2.75) is 33.7 Å². The summed E-state index contributed by atoms with van der Waals surface area (Å²) in [6.45, 7) is 7.09. The summed E-state index contributed by atoms with van der Waals surface area (Å²) in [5, 5.41) is 9.10. The first-order chi connectivity index (χ1) is 8.20. The summed E-state index contributed by atoms with van der Waals surface area (Å²) in [5.74, 6) is -1.01. The number of aliphatic carboxylic acids is 1. The minimum Gasteiger partial charge on any atom is -0.480 e. The lowest BCUT2D eigenvalue weighted by molar-refractivity contribution is -0.140. The smallest absolute Gasteiger partial charge is 0.326 e. The predicted molar refractivity (Wildman–Crippen MR) is 71.6 cm³/mol. The molecule has 0 spiro atoms. The second-order valence-corrected chi connectivity index (χ2v) is 4.77. The number of anilines is 1. The minimum absolute atomic E-state index is 0.254. The molecule has 18 heavy (non-hydrogen) atoms. The van der Waals surface area contributed by atoms with E-state index in [2.05, 4.69) is 0 Å². The summed E-state index contributed by atoms with van der Waals surface area (Å²) in [7, 11) is 3.57. The first-order valence-electron chi connectivity index (χ1n) is 5.82. The van der Waals surface area contributed by atoms with Crippen LogP contribution in [0.2, 0.25) is 0 Å². The van der Waals surface area contributed by atoms with Crippen LogP contribution in [0.1, 0.15) is 29.8 Å². The summed E-state index contributed by atoms with van der Waals surface area (Å²) < 4.78 is 1.35. The second kappa shape index (κ2) is 4.84. The standard InChI is InChI=1S/C13H20N2O3/c1-7-8(2)11(14(5)6)12(16)15(9(7)3)10(4)13(17)18/h10H,1-6H3,(H,17,18). The predicted octanol–water partition coefficient (Wildman–Crippen LogP) is 1.49. The van der Waals surface area contributed by atoms with Crippen LogP contribution in [0, 0.1) is 20.8 Å². The van der Waals surface area contributed by atoms with Crippen molar-refractivity contribution in [1.29, 1.82) is 0 Å². The highest BCUT2D eigenvalue weighted by molar-refractivity contribution is 5.72. The molecule has 1 heterocycles. The number of rotatable bonds is 3. The molecule has 1 aromatic rings. The number of hydrogen-bond donors (Lipinski definition) is 1. The first-order valence-corrected chi connectivity index (χ1v) is 5.82. The van der Waals surface area contributed by atoms with Gasteiger partial charge in [-0.15, -0.1) is 0 Å². The van der Waals surface area contributed by atoms with Gasteiger partial charge in [-0.3, -0.25) is 9.36 Å². The maximum atomic E-state index is 12.4. The van der Waals surface area contributed by atoms with E-state index >= 15 is 0 Å². The lowest BCUT2D eigenvalue weighted by Gasteiger charge is -2.23. The molecule has 0 amide bonds. The molecule has 100 valence electrons. The largest absolute Gasteiger partial charge is 0.480 e. The van der Waals surface area contributed by atoms with Gasteiger partial charge in [-0.05, 0) is 38.8 Å². The Hall–Kier alpha value is -1.78. The van der Waals surface area contributed by atoms with E-state index in [1.807, 2.05) is 13.8 Å². The van der Waals surface area contributed by atoms with Gasteiger partial charge in [0, 0.05) is 19.8 Å². The van der Waals surface area contributed by atoms with Crippen molar-refractivity contribution >= 4 is 11.7 Å². The Morgan fingerprint density at radius 3 is 2.11 bits per heavy atom. The van der Waals surface area contributed by atoms with Crippen LogP contribution in [0.3, 0.4) is 0 Å². The summed E-state index contributed by atoms with van der Waals surface area (Å²) >= 11 is 0. The zero-order valence-corrected chi connectivity index (χ0v) is 11.7. The van der Waals surface area contributed by atoms with Crippen molar-refractivity contribution in [3.05, 3.63) is 27.2 Å².